The van der Waals surface area contributed by atoms with E-state index in [2.05, 4.69) is 0 Å². The normalized spacial score (nSPS) is 20.7. The summed E-state index contributed by atoms with van der Waals surface area (Å²) in [4.78, 5) is 35.0. The number of nitro groups is 2. The van der Waals surface area contributed by atoms with Gasteiger partial charge in [0.15, 0.2) is 0 Å². The molecule has 0 aromatic heterocycles. The Hall–Kier alpha value is -3.13. The zero-order valence-corrected chi connectivity index (χ0v) is 14.1. The smallest absolute Gasteiger partial charge is 0.269 e. The van der Waals surface area contributed by atoms with Gasteiger partial charge in [0.1, 0.15) is 5.78 Å². The average molecular weight is 355 g/mol. The van der Waals surface area contributed by atoms with Crippen LogP contribution in [0.5, 0.6) is 0 Å². The topological polar surface area (TPSA) is 107 Å². The minimum Gasteiger partial charge on any atom is -0.300 e. The number of benzene rings is 2. The zero-order chi connectivity index (χ0) is 18.8. The minimum absolute atomic E-state index is 0.00505. The first kappa shape index (κ1) is 17.7. The lowest BCUT2D eigenvalue weighted by molar-refractivity contribution is -0.385. The molecule has 0 spiro atoms. The van der Waals surface area contributed by atoms with Gasteiger partial charge in [-0.05, 0) is 18.2 Å². The van der Waals surface area contributed by atoms with Gasteiger partial charge in [0.25, 0.3) is 11.4 Å². The van der Waals surface area contributed by atoms with Crippen molar-refractivity contribution < 1.29 is 14.6 Å². The first-order valence-corrected chi connectivity index (χ1v) is 8.09. The lowest BCUT2D eigenvalue weighted by Crippen LogP contribution is -2.37. The molecule has 0 aliphatic carbocycles. The molecule has 1 aliphatic heterocycles. The highest BCUT2D eigenvalue weighted by Gasteiger charge is 2.34. The second kappa shape index (κ2) is 7.01. The quantitative estimate of drug-likeness (QED) is 0.613. The first-order valence-electron chi connectivity index (χ1n) is 8.09. The molecule has 1 saturated heterocycles. The van der Waals surface area contributed by atoms with Gasteiger partial charge in [-0.15, -0.1) is 0 Å². The van der Waals surface area contributed by atoms with Crippen LogP contribution in [0.2, 0.25) is 0 Å². The molecule has 1 aliphatic rings. The molecule has 8 heteroatoms. The van der Waals surface area contributed by atoms with Gasteiger partial charge in [-0.1, -0.05) is 24.3 Å². The van der Waals surface area contributed by atoms with E-state index in [0.717, 1.165) is 11.1 Å². The number of non-ortho nitro benzene ring substituents is 2. The second-order valence-corrected chi connectivity index (χ2v) is 6.34. The third-order valence-electron chi connectivity index (χ3n) is 4.80. The van der Waals surface area contributed by atoms with Crippen LogP contribution in [-0.2, 0) is 4.79 Å². The monoisotopic (exact) mass is 355 g/mol. The molecule has 2 unspecified atom stereocenters. The number of Topliss-reactive ketones (excluding diaryl/α,β-unsaturated/α-hetero) is 1. The van der Waals surface area contributed by atoms with Crippen molar-refractivity contribution in [2.75, 3.05) is 7.05 Å². The number of hydrogen-bond donors (Lipinski definition) is 0. The van der Waals surface area contributed by atoms with Crippen LogP contribution in [0.4, 0.5) is 11.4 Å². The van der Waals surface area contributed by atoms with Crippen molar-refractivity contribution in [3.05, 3.63) is 79.9 Å². The maximum absolute atomic E-state index is 12.3. The van der Waals surface area contributed by atoms with Crippen molar-refractivity contribution in [1.82, 2.24) is 4.90 Å². The number of ketones is 1. The molecule has 0 bridgehead atoms. The summed E-state index contributed by atoms with van der Waals surface area (Å²) in [5.41, 5.74) is 1.67. The summed E-state index contributed by atoms with van der Waals surface area (Å²) in [5, 5.41) is 21.6. The Morgan fingerprint density at radius 2 is 1.15 bits per heavy atom. The minimum atomic E-state index is -0.459. The standard InChI is InChI=1S/C18H17N3O5/c1-19-17(12-2-6-14(7-3-12)20(23)24)10-16(22)11-18(19)13-4-8-15(9-5-13)21(25)26/h2-9,17-18H,10-11H2,1H3. The van der Waals surface area contributed by atoms with Crippen LogP contribution in [0.25, 0.3) is 0 Å². The van der Waals surface area contributed by atoms with Gasteiger partial charge in [0.05, 0.1) is 9.85 Å². The molecule has 0 radical (unpaired) electrons. The number of carbonyl (C=O) groups is 1. The number of nitro benzene ring substituents is 2. The Balaban J connectivity index is 1.87. The first-order chi connectivity index (χ1) is 12.4. The molecule has 2 aromatic rings. The maximum atomic E-state index is 12.3. The summed E-state index contributed by atoms with van der Waals surface area (Å²) in [6.45, 7) is 0. The molecule has 1 heterocycles. The average Bonchev–Trinajstić information content (AvgIpc) is 2.63. The van der Waals surface area contributed by atoms with E-state index in [1.54, 1.807) is 24.3 Å². The van der Waals surface area contributed by atoms with Gasteiger partial charge in [0.2, 0.25) is 0 Å². The summed E-state index contributed by atoms with van der Waals surface area (Å²) in [7, 11) is 1.89. The fraction of sp³-hybridized carbons (Fsp3) is 0.278. The van der Waals surface area contributed by atoms with E-state index in [4.69, 9.17) is 0 Å². The van der Waals surface area contributed by atoms with E-state index in [0.29, 0.717) is 12.8 Å². The van der Waals surface area contributed by atoms with E-state index in [1.165, 1.54) is 24.3 Å². The van der Waals surface area contributed by atoms with Crippen molar-refractivity contribution in [1.29, 1.82) is 0 Å². The molecule has 26 heavy (non-hydrogen) atoms. The molecular weight excluding hydrogens is 338 g/mol. The Labute approximate surface area is 149 Å². The molecule has 3 rings (SSSR count). The molecular formula is C18H17N3O5. The Kier molecular flexibility index (Phi) is 4.77. The third-order valence-corrected chi connectivity index (χ3v) is 4.80. The van der Waals surface area contributed by atoms with Gasteiger partial charge >= 0.3 is 0 Å². The van der Waals surface area contributed by atoms with Crippen LogP contribution in [0.1, 0.15) is 36.1 Å². The fourth-order valence-corrected chi connectivity index (χ4v) is 3.36. The lowest BCUT2D eigenvalue weighted by atomic mass is 9.87. The van der Waals surface area contributed by atoms with Gasteiger partial charge in [-0.2, -0.15) is 0 Å². The molecule has 2 aromatic carbocycles. The summed E-state index contributed by atoms with van der Waals surface area (Å²) < 4.78 is 0. The number of piperidine rings is 1. The summed E-state index contributed by atoms with van der Waals surface area (Å²) in [6.07, 6.45) is 0.662. The highest BCUT2D eigenvalue weighted by molar-refractivity contribution is 5.81. The predicted octanol–water partition coefficient (Wildman–Crippen LogP) is 3.58. The van der Waals surface area contributed by atoms with Gasteiger partial charge in [0, 0.05) is 49.2 Å². The predicted molar refractivity (Wildman–Crippen MR) is 93.7 cm³/mol. The van der Waals surface area contributed by atoms with Crippen molar-refractivity contribution in [2.45, 2.75) is 24.9 Å². The summed E-state index contributed by atoms with van der Waals surface area (Å²) in [6, 6.07) is 12.0. The van der Waals surface area contributed by atoms with Crippen LogP contribution in [0, 0.1) is 20.2 Å². The molecule has 0 amide bonds. The highest BCUT2D eigenvalue weighted by Crippen LogP contribution is 2.39. The largest absolute Gasteiger partial charge is 0.300 e. The van der Waals surface area contributed by atoms with Crippen molar-refractivity contribution in [2.24, 2.45) is 0 Å². The SMILES string of the molecule is CN1C(c2ccc([N+](=O)[O-])cc2)CC(=O)CC1c1ccc([N+](=O)[O-])cc1. The van der Waals surface area contributed by atoms with Gasteiger partial charge in [-0.25, -0.2) is 0 Å². The van der Waals surface area contributed by atoms with E-state index >= 15 is 0 Å². The van der Waals surface area contributed by atoms with Crippen LogP contribution >= 0.6 is 0 Å². The van der Waals surface area contributed by atoms with E-state index in [1.807, 2.05) is 11.9 Å². The zero-order valence-electron chi connectivity index (χ0n) is 14.1. The molecule has 134 valence electrons. The van der Waals surface area contributed by atoms with E-state index < -0.39 is 9.85 Å². The Morgan fingerprint density at radius 3 is 1.46 bits per heavy atom. The van der Waals surface area contributed by atoms with Crippen molar-refractivity contribution in [3.63, 3.8) is 0 Å². The number of rotatable bonds is 4. The number of likely N-dealkylation sites (tertiary alicyclic amines) is 1. The summed E-state index contributed by atoms with van der Waals surface area (Å²) in [5.74, 6) is 0.0924. The van der Waals surface area contributed by atoms with Crippen molar-refractivity contribution in [3.8, 4) is 0 Å². The van der Waals surface area contributed by atoms with Crippen LogP contribution in [0.15, 0.2) is 48.5 Å². The van der Waals surface area contributed by atoms with E-state index in [-0.39, 0.29) is 29.2 Å². The molecule has 0 N–H and O–H groups in total. The highest BCUT2D eigenvalue weighted by atomic mass is 16.6. The summed E-state index contributed by atoms with van der Waals surface area (Å²) >= 11 is 0. The number of carbonyl (C=O) groups excluding carboxylic acids is 1. The van der Waals surface area contributed by atoms with E-state index in [9.17, 15) is 25.0 Å². The van der Waals surface area contributed by atoms with Crippen LogP contribution < -0.4 is 0 Å². The Morgan fingerprint density at radius 1 is 0.808 bits per heavy atom. The fourth-order valence-electron chi connectivity index (χ4n) is 3.36. The third kappa shape index (κ3) is 3.45. The van der Waals surface area contributed by atoms with Crippen LogP contribution in [-0.4, -0.2) is 27.6 Å². The molecule has 1 fully saturated rings. The van der Waals surface area contributed by atoms with Gasteiger partial charge < -0.3 is 0 Å². The second-order valence-electron chi connectivity index (χ2n) is 6.34. The lowest BCUT2D eigenvalue weighted by Gasteiger charge is -2.39. The Bertz CT molecular complexity index is 779. The number of hydrogen-bond acceptors (Lipinski definition) is 6. The number of nitrogens with zero attached hydrogens (tertiary/aromatic N) is 3. The molecule has 8 nitrogen and oxygen atoms in total. The van der Waals surface area contributed by atoms with Gasteiger partial charge in [-0.3, -0.25) is 29.9 Å². The van der Waals surface area contributed by atoms with Crippen LogP contribution in [0.3, 0.4) is 0 Å². The molecule has 2 atom stereocenters. The maximum Gasteiger partial charge on any atom is 0.269 e. The van der Waals surface area contributed by atoms with Crippen molar-refractivity contribution >= 4 is 17.2 Å². The molecule has 0 saturated carbocycles.